The molecule has 0 spiro atoms. The summed E-state index contributed by atoms with van der Waals surface area (Å²) in [5.41, 5.74) is 1.33. The molecule has 9 heavy (non-hydrogen) atoms. The molecular weight excluding hydrogens is 112 g/mol. The Bertz CT molecular complexity index is 221. The molecule has 46 valence electrons. The van der Waals surface area contributed by atoms with E-state index in [0.29, 0.717) is 0 Å². The number of hydrogen-bond donors (Lipinski definition) is 0. The van der Waals surface area contributed by atoms with Gasteiger partial charge in [0.05, 0.1) is 0 Å². The fourth-order valence-electron chi connectivity index (χ4n) is 0.920. The average molecular weight is 120 g/mol. The minimum absolute atomic E-state index is 1.18. The summed E-state index contributed by atoms with van der Waals surface area (Å²) in [5, 5.41) is 4.09. The molecule has 1 aliphatic rings. The monoisotopic (exact) mass is 120 g/mol. The van der Waals surface area contributed by atoms with Crippen molar-refractivity contribution < 1.29 is 0 Å². The summed E-state index contributed by atoms with van der Waals surface area (Å²) in [7, 11) is 0. The van der Waals surface area contributed by atoms with Crippen LogP contribution >= 0.6 is 0 Å². The molecule has 0 fully saturated rings. The van der Waals surface area contributed by atoms with Gasteiger partial charge in [-0.1, -0.05) is 6.08 Å². The molecule has 0 radical (unpaired) electrons. The van der Waals surface area contributed by atoms with Crippen LogP contribution in [0.1, 0.15) is 12.8 Å². The largest absolute Gasteiger partial charge is 0.245 e. The number of nitrogens with zero attached hydrogens (tertiary/aromatic N) is 2. The summed E-state index contributed by atoms with van der Waals surface area (Å²) in [4.78, 5) is 0. The number of allylic oxidation sites excluding steroid dienone is 2. The average Bonchev–Trinajstić information content (AvgIpc) is 2.11. The molecule has 0 atom stereocenters. The van der Waals surface area contributed by atoms with Crippen LogP contribution in [0.25, 0.3) is 5.70 Å². The first-order valence-corrected chi connectivity index (χ1v) is 3.16. The van der Waals surface area contributed by atoms with E-state index in [1.807, 2.05) is 16.9 Å². The van der Waals surface area contributed by atoms with Crippen molar-refractivity contribution in [3.8, 4) is 0 Å². The summed E-state index contributed by atoms with van der Waals surface area (Å²) in [6, 6.07) is 1.94. The van der Waals surface area contributed by atoms with Crippen molar-refractivity contribution in [3.63, 3.8) is 0 Å². The molecule has 1 heterocycles. The Hall–Kier alpha value is -1.05. The van der Waals surface area contributed by atoms with Crippen molar-refractivity contribution in [1.82, 2.24) is 9.78 Å². The van der Waals surface area contributed by atoms with Gasteiger partial charge in [-0.3, -0.25) is 0 Å². The minimum Gasteiger partial charge on any atom is -0.245 e. The molecule has 0 bridgehead atoms. The van der Waals surface area contributed by atoms with Gasteiger partial charge in [0, 0.05) is 18.1 Å². The number of aromatic nitrogens is 2. The third-order valence-corrected chi connectivity index (χ3v) is 1.58. The van der Waals surface area contributed by atoms with Crippen molar-refractivity contribution in [3.05, 3.63) is 24.5 Å². The quantitative estimate of drug-likeness (QED) is 0.549. The van der Waals surface area contributed by atoms with Gasteiger partial charge >= 0.3 is 0 Å². The van der Waals surface area contributed by atoms with E-state index in [-0.39, 0.29) is 0 Å². The lowest BCUT2D eigenvalue weighted by molar-refractivity contribution is 0.797. The SMILES string of the molecule is C1=C(n2cccn2)CC1. The van der Waals surface area contributed by atoms with Crippen molar-refractivity contribution in [2.45, 2.75) is 12.8 Å². The topological polar surface area (TPSA) is 17.8 Å². The Morgan fingerprint density at radius 3 is 2.89 bits per heavy atom. The molecule has 2 rings (SSSR count). The molecule has 0 aliphatic heterocycles. The zero-order chi connectivity index (χ0) is 6.10. The Morgan fingerprint density at radius 2 is 2.44 bits per heavy atom. The van der Waals surface area contributed by atoms with Crippen molar-refractivity contribution in [2.24, 2.45) is 0 Å². The minimum atomic E-state index is 1.18. The lowest BCUT2D eigenvalue weighted by Crippen LogP contribution is -2.02. The molecule has 0 saturated heterocycles. The van der Waals surface area contributed by atoms with Gasteiger partial charge in [0.2, 0.25) is 0 Å². The highest BCUT2D eigenvalue weighted by molar-refractivity contribution is 5.49. The highest BCUT2D eigenvalue weighted by atomic mass is 15.3. The van der Waals surface area contributed by atoms with E-state index < -0.39 is 0 Å². The molecular formula is C7H8N2. The van der Waals surface area contributed by atoms with Crippen molar-refractivity contribution >= 4 is 5.70 Å². The summed E-state index contributed by atoms with van der Waals surface area (Å²) < 4.78 is 1.92. The van der Waals surface area contributed by atoms with Gasteiger partial charge in [0.25, 0.3) is 0 Å². The lowest BCUT2D eigenvalue weighted by atomic mass is 10.1. The number of hydrogen-bond acceptors (Lipinski definition) is 1. The molecule has 2 heteroatoms. The van der Waals surface area contributed by atoms with Crippen LogP contribution in [-0.4, -0.2) is 9.78 Å². The fourth-order valence-corrected chi connectivity index (χ4v) is 0.920. The van der Waals surface area contributed by atoms with E-state index in [0.717, 1.165) is 0 Å². The normalized spacial score (nSPS) is 16.7. The second-order valence-electron chi connectivity index (χ2n) is 2.18. The van der Waals surface area contributed by atoms with Crippen molar-refractivity contribution in [1.29, 1.82) is 0 Å². The molecule has 1 aliphatic carbocycles. The van der Waals surface area contributed by atoms with E-state index in [4.69, 9.17) is 0 Å². The van der Waals surface area contributed by atoms with E-state index >= 15 is 0 Å². The molecule has 0 saturated carbocycles. The van der Waals surface area contributed by atoms with Gasteiger partial charge in [-0.15, -0.1) is 0 Å². The molecule has 0 aromatic carbocycles. The standard InChI is InChI=1S/C7H8N2/c1-3-7(4-1)9-6-2-5-8-9/h2-3,5-6H,1,4H2. The Morgan fingerprint density at radius 1 is 1.56 bits per heavy atom. The predicted molar refractivity (Wildman–Crippen MR) is 35.7 cm³/mol. The highest BCUT2D eigenvalue weighted by Gasteiger charge is 2.06. The smallest absolute Gasteiger partial charge is 0.0493 e. The fraction of sp³-hybridized carbons (Fsp3) is 0.286. The molecule has 2 nitrogen and oxygen atoms in total. The van der Waals surface area contributed by atoms with Crippen LogP contribution < -0.4 is 0 Å². The van der Waals surface area contributed by atoms with Crippen LogP contribution in [0.4, 0.5) is 0 Å². The molecule has 0 N–H and O–H groups in total. The predicted octanol–water partition coefficient (Wildman–Crippen LogP) is 1.52. The second kappa shape index (κ2) is 1.72. The number of rotatable bonds is 1. The van der Waals surface area contributed by atoms with Gasteiger partial charge in [-0.05, 0) is 18.9 Å². The summed E-state index contributed by atoms with van der Waals surface area (Å²) in [6.45, 7) is 0. The second-order valence-corrected chi connectivity index (χ2v) is 2.18. The Balaban J connectivity index is 2.34. The van der Waals surface area contributed by atoms with Crippen LogP contribution in [0.5, 0.6) is 0 Å². The molecule has 0 unspecified atom stereocenters. The van der Waals surface area contributed by atoms with E-state index in [1.54, 1.807) is 6.20 Å². The van der Waals surface area contributed by atoms with Gasteiger partial charge in [-0.25, -0.2) is 4.68 Å². The third kappa shape index (κ3) is 0.669. The third-order valence-electron chi connectivity index (χ3n) is 1.58. The van der Waals surface area contributed by atoms with E-state index in [1.165, 1.54) is 18.5 Å². The lowest BCUT2D eigenvalue weighted by Gasteiger charge is -2.13. The van der Waals surface area contributed by atoms with Gasteiger partial charge in [-0.2, -0.15) is 5.10 Å². The van der Waals surface area contributed by atoms with E-state index in [9.17, 15) is 0 Å². The Labute approximate surface area is 53.8 Å². The summed E-state index contributed by atoms with van der Waals surface area (Å²) in [5.74, 6) is 0. The van der Waals surface area contributed by atoms with E-state index in [2.05, 4.69) is 11.2 Å². The first-order chi connectivity index (χ1) is 4.47. The summed E-state index contributed by atoms with van der Waals surface area (Å²) >= 11 is 0. The van der Waals surface area contributed by atoms with Crippen LogP contribution in [-0.2, 0) is 0 Å². The molecule has 1 aromatic heterocycles. The highest BCUT2D eigenvalue weighted by Crippen LogP contribution is 2.21. The zero-order valence-electron chi connectivity index (χ0n) is 5.12. The maximum Gasteiger partial charge on any atom is 0.0493 e. The summed E-state index contributed by atoms with van der Waals surface area (Å²) in [6.07, 6.45) is 8.38. The van der Waals surface area contributed by atoms with Crippen LogP contribution in [0.15, 0.2) is 24.5 Å². The maximum absolute atomic E-state index is 4.09. The molecule has 1 aromatic rings. The zero-order valence-corrected chi connectivity index (χ0v) is 5.12. The van der Waals surface area contributed by atoms with Gasteiger partial charge in [0.1, 0.15) is 0 Å². The van der Waals surface area contributed by atoms with Crippen LogP contribution in [0, 0.1) is 0 Å². The van der Waals surface area contributed by atoms with Crippen LogP contribution in [0.3, 0.4) is 0 Å². The van der Waals surface area contributed by atoms with Crippen LogP contribution in [0.2, 0.25) is 0 Å². The van der Waals surface area contributed by atoms with Gasteiger partial charge in [0.15, 0.2) is 0 Å². The van der Waals surface area contributed by atoms with Crippen molar-refractivity contribution in [2.75, 3.05) is 0 Å². The first kappa shape index (κ1) is 4.79. The maximum atomic E-state index is 4.09. The Kier molecular flexibility index (Phi) is 0.918. The first-order valence-electron chi connectivity index (χ1n) is 3.16. The van der Waals surface area contributed by atoms with Gasteiger partial charge < -0.3 is 0 Å². The molecule has 0 amide bonds.